The number of rotatable bonds is 8. The van der Waals surface area contributed by atoms with Crippen molar-refractivity contribution in [3.63, 3.8) is 0 Å². The van der Waals surface area contributed by atoms with Crippen LogP contribution in [0.2, 0.25) is 0 Å². The number of amides is 1. The number of anilines is 1. The van der Waals surface area contributed by atoms with Gasteiger partial charge in [-0.05, 0) is 13.8 Å². The molecule has 1 aromatic rings. The number of hydrogen-bond acceptors (Lipinski definition) is 6. The Morgan fingerprint density at radius 3 is 2.89 bits per heavy atom. The minimum absolute atomic E-state index is 0.324. The molecule has 0 saturated heterocycles. The van der Waals surface area contributed by atoms with E-state index < -0.39 is 5.79 Å². The summed E-state index contributed by atoms with van der Waals surface area (Å²) in [4.78, 5) is 18.1. The molecule has 1 aromatic heterocycles. The molecule has 0 unspecified atom stereocenters. The number of nitrogens with one attached hydrogen (secondary N) is 1. The minimum Gasteiger partial charge on any atom is -0.476 e. The number of aromatic nitrogens is 2. The van der Waals surface area contributed by atoms with Gasteiger partial charge in [-0.15, -0.1) is 0 Å². The average molecular weight is 255 g/mol. The summed E-state index contributed by atoms with van der Waals surface area (Å²) < 4.78 is 10.4. The van der Waals surface area contributed by atoms with Gasteiger partial charge in [-0.2, -0.15) is 4.98 Å². The van der Waals surface area contributed by atoms with Gasteiger partial charge in [0.1, 0.15) is 0 Å². The van der Waals surface area contributed by atoms with Crippen LogP contribution >= 0.6 is 0 Å². The number of carbonyl (C=O) groups is 1. The minimum atomic E-state index is -1.13. The van der Waals surface area contributed by atoms with Gasteiger partial charge in [-0.1, -0.05) is 0 Å². The lowest BCUT2D eigenvalue weighted by Crippen LogP contribution is -2.24. The fourth-order valence-corrected chi connectivity index (χ4v) is 1.11. The van der Waals surface area contributed by atoms with Crippen molar-refractivity contribution in [2.45, 2.75) is 26.1 Å². The maximum Gasteiger partial charge on any atom is 0.234 e. The molecule has 0 fully saturated rings. The van der Waals surface area contributed by atoms with Crippen LogP contribution in [0.1, 0.15) is 20.3 Å². The molecule has 0 atom stereocenters. The Bertz CT molecular complexity index is 379. The van der Waals surface area contributed by atoms with Crippen LogP contribution in [-0.4, -0.2) is 40.5 Å². The van der Waals surface area contributed by atoms with E-state index in [1.54, 1.807) is 13.8 Å². The second-order valence-corrected chi connectivity index (χ2v) is 4.00. The van der Waals surface area contributed by atoms with Gasteiger partial charge in [0.05, 0.1) is 25.6 Å². The second kappa shape index (κ2) is 6.87. The summed E-state index contributed by atoms with van der Waals surface area (Å²) in [6.45, 7) is 3.89. The van der Waals surface area contributed by atoms with Gasteiger partial charge in [0.25, 0.3) is 0 Å². The summed E-state index contributed by atoms with van der Waals surface area (Å²) in [6.07, 6.45) is 3.99. The first-order valence-electron chi connectivity index (χ1n) is 5.52. The second-order valence-electron chi connectivity index (χ2n) is 4.00. The zero-order valence-electron chi connectivity index (χ0n) is 10.4. The van der Waals surface area contributed by atoms with Crippen molar-refractivity contribution in [1.82, 2.24) is 9.97 Å². The Kier molecular flexibility index (Phi) is 5.47. The number of nitrogens with zero attached hydrogens (tertiary/aromatic N) is 2. The lowest BCUT2D eigenvalue weighted by Gasteiger charge is -2.17. The highest BCUT2D eigenvalue weighted by Crippen LogP contribution is 2.09. The average Bonchev–Trinajstić information content (AvgIpc) is 2.28. The van der Waals surface area contributed by atoms with E-state index in [1.165, 1.54) is 12.4 Å². The Morgan fingerprint density at radius 1 is 1.44 bits per heavy atom. The lowest BCUT2D eigenvalue weighted by atomic mass is 10.4. The summed E-state index contributed by atoms with van der Waals surface area (Å²) in [7, 11) is 0. The largest absolute Gasteiger partial charge is 0.476 e. The monoisotopic (exact) mass is 255 g/mol. The Hall–Kier alpha value is -1.73. The molecule has 0 aliphatic heterocycles. The van der Waals surface area contributed by atoms with Gasteiger partial charge < -0.3 is 19.9 Å². The molecule has 0 saturated carbocycles. The normalized spacial score (nSPS) is 11.1. The van der Waals surface area contributed by atoms with Gasteiger partial charge in [-0.3, -0.25) is 9.78 Å². The van der Waals surface area contributed by atoms with Crippen LogP contribution in [0.25, 0.3) is 0 Å². The summed E-state index contributed by atoms with van der Waals surface area (Å²) >= 11 is 0. The molecule has 1 rings (SSSR count). The Morgan fingerprint density at radius 2 is 2.22 bits per heavy atom. The van der Waals surface area contributed by atoms with Crippen LogP contribution < -0.4 is 10.1 Å². The molecule has 1 heterocycles. The van der Waals surface area contributed by atoms with Gasteiger partial charge in [0.2, 0.25) is 12.3 Å². The van der Waals surface area contributed by atoms with Crippen LogP contribution in [0.15, 0.2) is 12.4 Å². The number of aliphatic hydroxyl groups is 1. The molecule has 0 bridgehead atoms. The van der Waals surface area contributed by atoms with Crippen molar-refractivity contribution >= 4 is 12.2 Å². The van der Waals surface area contributed by atoms with Crippen molar-refractivity contribution in [1.29, 1.82) is 0 Å². The number of ether oxygens (including phenoxy) is 2. The molecule has 1 amide bonds. The zero-order valence-corrected chi connectivity index (χ0v) is 10.4. The SMILES string of the molecule is CC(C)(O)OCCCOc1cncc(NC=O)n1. The molecule has 0 radical (unpaired) electrons. The summed E-state index contributed by atoms with van der Waals surface area (Å²) in [5.41, 5.74) is 0. The van der Waals surface area contributed by atoms with Crippen LogP contribution in [0.5, 0.6) is 5.88 Å². The molecule has 0 aromatic carbocycles. The van der Waals surface area contributed by atoms with Crippen molar-refractivity contribution in [3.05, 3.63) is 12.4 Å². The van der Waals surface area contributed by atoms with E-state index in [-0.39, 0.29) is 0 Å². The fraction of sp³-hybridized carbons (Fsp3) is 0.545. The predicted molar refractivity (Wildman–Crippen MR) is 64.1 cm³/mol. The molecule has 18 heavy (non-hydrogen) atoms. The topological polar surface area (TPSA) is 93.6 Å². The van der Waals surface area contributed by atoms with Gasteiger partial charge in [0, 0.05) is 6.42 Å². The highest BCUT2D eigenvalue weighted by Gasteiger charge is 2.11. The van der Waals surface area contributed by atoms with Gasteiger partial charge in [0.15, 0.2) is 11.6 Å². The molecule has 7 heteroatoms. The third-order valence-electron chi connectivity index (χ3n) is 1.81. The quantitative estimate of drug-likeness (QED) is 0.400. The summed E-state index contributed by atoms with van der Waals surface area (Å²) in [5.74, 6) is -0.478. The molecule has 100 valence electrons. The number of carbonyl (C=O) groups excluding carboxylic acids is 1. The third kappa shape index (κ3) is 6.12. The van der Waals surface area contributed by atoms with Crippen molar-refractivity contribution < 1.29 is 19.4 Å². The van der Waals surface area contributed by atoms with E-state index in [9.17, 15) is 9.90 Å². The van der Waals surface area contributed by atoms with Crippen molar-refractivity contribution in [3.8, 4) is 5.88 Å². The van der Waals surface area contributed by atoms with Gasteiger partial charge in [-0.25, -0.2) is 0 Å². The molecular formula is C11H17N3O4. The summed E-state index contributed by atoms with van der Waals surface area (Å²) in [5, 5.41) is 11.7. The smallest absolute Gasteiger partial charge is 0.234 e. The Labute approximate surface area is 105 Å². The van der Waals surface area contributed by atoms with E-state index in [2.05, 4.69) is 15.3 Å². The van der Waals surface area contributed by atoms with Crippen LogP contribution in [0.4, 0.5) is 5.82 Å². The van der Waals surface area contributed by atoms with E-state index in [0.29, 0.717) is 37.7 Å². The van der Waals surface area contributed by atoms with E-state index in [1.807, 2.05) is 0 Å². The predicted octanol–water partition coefficient (Wildman–Crippen LogP) is 0.559. The van der Waals surface area contributed by atoms with E-state index in [4.69, 9.17) is 9.47 Å². The first-order chi connectivity index (χ1) is 8.51. The Balaban J connectivity index is 2.26. The van der Waals surface area contributed by atoms with Crippen LogP contribution in [-0.2, 0) is 9.53 Å². The highest BCUT2D eigenvalue weighted by atomic mass is 16.6. The first-order valence-corrected chi connectivity index (χ1v) is 5.52. The molecule has 0 aliphatic rings. The third-order valence-corrected chi connectivity index (χ3v) is 1.81. The lowest BCUT2D eigenvalue weighted by molar-refractivity contribution is -0.176. The molecule has 7 nitrogen and oxygen atoms in total. The molecule has 0 spiro atoms. The van der Waals surface area contributed by atoms with Crippen molar-refractivity contribution in [2.75, 3.05) is 18.5 Å². The van der Waals surface area contributed by atoms with Crippen molar-refractivity contribution in [2.24, 2.45) is 0 Å². The van der Waals surface area contributed by atoms with E-state index in [0.717, 1.165) is 0 Å². The maximum absolute atomic E-state index is 10.2. The van der Waals surface area contributed by atoms with E-state index >= 15 is 0 Å². The standard InChI is InChI=1S/C11H17N3O4/c1-11(2,16)18-5-3-4-17-10-7-12-6-9(14-10)13-8-15/h6-8,16H,3-5H2,1-2H3,(H,13,14,15). The molecular weight excluding hydrogens is 238 g/mol. The molecule has 2 N–H and O–H groups in total. The highest BCUT2D eigenvalue weighted by molar-refractivity contribution is 5.68. The van der Waals surface area contributed by atoms with Gasteiger partial charge >= 0.3 is 0 Å². The first kappa shape index (κ1) is 14.3. The zero-order chi connectivity index (χ0) is 13.4. The maximum atomic E-state index is 10.2. The fourth-order valence-electron chi connectivity index (χ4n) is 1.11. The molecule has 0 aliphatic carbocycles. The van der Waals surface area contributed by atoms with Crippen LogP contribution in [0.3, 0.4) is 0 Å². The van der Waals surface area contributed by atoms with Crippen LogP contribution in [0, 0.1) is 0 Å². The summed E-state index contributed by atoms with van der Waals surface area (Å²) in [6, 6.07) is 0. The number of hydrogen-bond donors (Lipinski definition) is 2.